The monoisotopic (exact) mass is 277 g/mol. The highest BCUT2D eigenvalue weighted by Crippen LogP contribution is 2.49. The summed E-state index contributed by atoms with van der Waals surface area (Å²) in [6.07, 6.45) is 1.62. The van der Waals surface area contributed by atoms with Crippen molar-refractivity contribution < 1.29 is 23.6 Å². The van der Waals surface area contributed by atoms with Gasteiger partial charge in [-0.3, -0.25) is 13.8 Å². The Balaban J connectivity index is 2.25. The Morgan fingerprint density at radius 1 is 1.44 bits per heavy atom. The van der Waals surface area contributed by atoms with Crippen LogP contribution in [0.5, 0.6) is 0 Å². The number of nitrogens with one attached hydrogen (secondary N) is 1. The number of aliphatic carboxylic acids is 1. The van der Waals surface area contributed by atoms with E-state index < -0.39 is 16.8 Å². The molecule has 0 spiro atoms. The minimum Gasteiger partial charge on any atom is -0.481 e. The van der Waals surface area contributed by atoms with Crippen molar-refractivity contribution >= 4 is 22.7 Å². The maximum atomic E-state index is 11.7. The average Bonchev–Trinajstić information content (AvgIpc) is 2.96. The van der Waals surface area contributed by atoms with E-state index >= 15 is 0 Å². The van der Waals surface area contributed by atoms with E-state index in [2.05, 4.69) is 5.32 Å². The van der Waals surface area contributed by atoms with E-state index in [0.717, 1.165) is 12.8 Å². The van der Waals surface area contributed by atoms with Crippen molar-refractivity contribution in [2.24, 2.45) is 5.41 Å². The maximum absolute atomic E-state index is 11.7. The number of carboxylic acids is 1. The van der Waals surface area contributed by atoms with Gasteiger partial charge in [0.1, 0.15) is 5.75 Å². The predicted octanol–water partition coefficient (Wildman–Crippen LogP) is -0.247. The van der Waals surface area contributed by atoms with Crippen molar-refractivity contribution in [2.75, 3.05) is 31.8 Å². The van der Waals surface area contributed by atoms with Gasteiger partial charge in [0.15, 0.2) is 0 Å². The van der Waals surface area contributed by atoms with Gasteiger partial charge in [0.2, 0.25) is 5.91 Å². The Labute approximate surface area is 109 Å². The van der Waals surface area contributed by atoms with Crippen LogP contribution < -0.4 is 5.32 Å². The maximum Gasteiger partial charge on any atom is 0.303 e. The van der Waals surface area contributed by atoms with Gasteiger partial charge >= 0.3 is 5.97 Å². The fraction of sp³-hybridized carbons (Fsp3) is 0.818. The molecule has 104 valence electrons. The van der Waals surface area contributed by atoms with Crippen LogP contribution in [0.25, 0.3) is 0 Å². The number of rotatable bonds is 9. The first kappa shape index (κ1) is 15.1. The highest BCUT2D eigenvalue weighted by molar-refractivity contribution is 7.85. The van der Waals surface area contributed by atoms with Gasteiger partial charge in [0.05, 0.1) is 13.0 Å². The van der Waals surface area contributed by atoms with E-state index in [4.69, 9.17) is 9.84 Å². The van der Waals surface area contributed by atoms with Crippen LogP contribution in [0.4, 0.5) is 0 Å². The van der Waals surface area contributed by atoms with Gasteiger partial charge in [-0.1, -0.05) is 0 Å². The van der Waals surface area contributed by atoms with Crippen molar-refractivity contribution in [3.05, 3.63) is 0 Å². The Morgan fingerprint density at radius 3 is 2.61 bits per heavy atom. The number of carbonyl (C=O) groups is 2. The summed E-state index contributed by atoms with van der Waals surface area (Å²) >= 11 is 0. The molecule has 0 bridgehead atoms. The third-order valence-corrected chi connectivity index (χ3v) is 4.39. The lowest BCUT2D eigenvalue weighted by atomic mass is 10.1. The second-order valence-corrected chi connectivity index (χ2v) is 6.10. The van der Waals surface area contributed by atoms with Gasteiger partial charge in [-0.25, -0.2) is 0 Å². The smallest absolute Gasteiger partial charge is 0.303 e. The topological polar surface area (TPSA) is 92.7 Å². The summed E-state index contributed by atoms with van der Waals surface area (Å²) < 4.78 is 16.5. The molecule has 0 aromatic carbocycles. The van der Waals surface area contributed by atoms with Crippen molar-refractivity contribution in [1.82, 2.24) is 5.32 Å². The molecule has 0 radical (unpaired) electrons. The fourth-order valence-electron chi connectivity index (χ4n) is 1.75. The number of hydrogen-bond donors (Lipinski definition) is 2. The number of amides is 1. The van der Waals surface area contributed by atoms with Crippen molar-refractivity contribution in [1.29, 1.82) is 0 Å². The molecule has 1 atom stereocenters. The summed E-state index contributed by atoms with van der Waals surface area (Å²) in [5, 5.41) is 11.3. The van der Waals surface area contributed by atoms with Gasteiger partial charge in [-0.15, -0.1) is 0 Å². The highest BCUT2D eigenvalue weighted by Gasteiger charge is 2.45. The average molecular weight is 277 g/mol. The quantitative estimate of drug-likeness (QED) is 0.567. The van der Waals surface area contributed by atoms with E-state index in [-0.39, 0.29) is 23.5 Å². The standard InChI is InChI=1S/C11H19NO5S/c1-17-5-4-12-9(13)7-18(16)8-11(2-3-11)6-10(14)15/h2-8H2,1H3,(H,12,13)(H,14,15). The Bertz CT molecular complexity index is 340. The molecule has 18 heavy (non-hydrogen) atoms. The third-order valence-electron chi connectivity index (χ3n) is 2.87. The molecule has 1 saturated carbocycles. The molecule has 1 fully saturated rings. The number of carboxylic acid groups (broad SMARTS) is 1. The van der Waals surface area contributed by atoms with Crippen molar-refractivity contribution in [3.8, 4) is 0 Å². The first-order chi connectivity index (χ1) is 8.47. The van der Waals surface area contributed by atoms with E-state index in [1.165, 1.54) is 7.11 Å². The Morgan fingerprint density at radius 2 is 2.11 bits per heavy atom. The normalized spacial score (nSPS) is 18.1. The number of hydrogen-bond acceptors (Lipinski definition) is 4. The first-order valence-corrected chi connectivity index (χ1v) is 7.29. The third kappa shape index (κ3) is 5.59. The molecule has 0 saturated heterocycles. The molecular weight excluding hydrogens is 258 g/mol. The van der Waals surface area contributed by atoms with Crippen LogP contribution in [0.2, 0.25) is 0 Å². The molecule has 0 heterocycles. The lowest BCUT2D eigenvalue weighted by Gasteiger charge is -2.11. The second-order valence-electron chi connectivity index (χ2n) is 4.64. The molecule has 0 aromatic rings. The number of methoxy groups -OCH3 is 1. The largest absolute Gasteiger partial charge is 0.481 e. The Hall–Kier alpha value is -0.950. The van der Waals surface area contributed by atoms with Gasteiger partial charge in [0, 0.05) is 30.2 Å². The summed E-state index contributed by atoms with van der Waals surface area (Å²) in [6, 6.07) is 0. The van der Waals surface area contributed by atoms with Crippen LogP contribution in [0.3, 0.4) is 0 Å². The SMILES string of the molecule is COCCNC(=O)CS(=O)CC1(CC(=O)O)CC1. The molecule has 1 rings (SSSR count). The minimum absolute atomic E-state index is 0.0457. The number of carbonyl (C=O) groups excluding carboxylic acids is 1. The van der Waals surface area contributed by atoms with Crippen LogP contribution in [-0.4, -0.2) is 53.0 Å². The summed E-state index contributed by atoms with van der Waals surface area (Å²) in [7, 11) is 0.240. The fourth-order valence-corrected chi connectivity index (χ4v) is 3.32. The van der Waals surface area contributed by atoms with Crippen LogP contribution in [0, 0.1) is 5.41 Å². The zero-order valence-electron chi connectivity index (χ0n) is 10.4. The summed E-state index contributed by atoms with van der Waals surface area (Å²) in [6.45, 7) is 0.814. The first-order valence-electron chi connectivity index (χ1n) is 5.80. The molecule has 1 amide bonds. The molecule has 7 heteroatoms. The van der Waals surface area contributed by atoms with Gasteiger partial charge in [0.25, 0.3) is 0 Å². The van der Waals surface area contributed by atoms with Crippen LogP contribution in [0.1, 0.15) is 19.3 Å². The molecule has 1 unspecified atom stereocenters. The molecule has 2 N–H and O–H groups in total. The number of ether oxygens (including phenoxy) is 1. The zero-order chi connectivity index (χ0) is 13.6. The zero-order valence-corrected chi connectivity index (χ0v) is 11.3. The minimum atomic E-state index is -1.30. The van der Waals surface area contributed by atoms with E-state index in [1.807, 2.05) is 0 Å². The van der Waals surface area contributed by atoms with Gasteiger partial charge < -0.3 is 15.2 Å². The Kier molecular flexibility index (Phi) is 5.74. The van der Waals surface area contributed by atoms with E-state index in [1.54, 1.807) is 0 Å². The van der Waals surface area contributed by atoms with Crippen LogP contribution in [0.15, 0.2) is 0 Å². The van der Waals surface area contributed by atoms with Crippen LogP contribution in [-0.2, 0) is 25.1 Å². The predicted molar refractivity (Wildman–Crippen MR) is 66.7 cm³/mol. The van der Waals surface area contributed by atoms with E-state index in [0.29, 0.717) is 18.9 Å². The summed E-state index contributed by atoms with van der Waals surface area (Å²) in [5.41, 5.74) is -0.330. The summed E-state index contributed by atoms with van der Waals surface area (Å²) in [5.74, 6) is -0.909. The molecule has 6 nitrogen and oxygen atoms in total. The lowest BCUT2D eigenvalue weighted by molar-refractivity contribution is -0.138. The van der Waals surface area contributed by atoms with Crippen molar-refractivity contribution in [2.45, 2.75) is 19.3 Å². The molecule has 1 aliphatic carbocycles. The molecule has 0 aromatic heterocycles. The highest BCUT2D eigenvalue weighted by atomic mass is 32.2. The van der Waals surface area contributed by atoms with Crippen molar-refractivity contribution in [3.63, 3.8) is 0 Å². The molecule has 1 aliphatic rings. The second kappa shape index (κ2) is 6.84. The molecule has 0 aliphatic heterocycles. The molecular formula is C11H19NO5S. The van der Waals surface area contributed by atoms with E-state index in [9.17, 15) is 13.8 Å². The van der Waals surface area contributed by atoms with Crippen LogP contribution >= 0.6 is 0 Å². The summed E-state index contributed by atoms with van der Waals surface area (Å²) in [4.78, 5) is 22.0. The van der Waals surface area contributed by atoms with Gasteiger partial charge in [-0.05, 0) is 18.3 Å². The lowest BCUT2D eigenvalue weighted by Crippen LogP contribution is -2.32. The van der Waals surface area contributed by atoms with Gasteiger partial charge in [-0.2, -0.15) is 0 Å².